The summed E-state index contributed by atoms with van der Waals surface area (Å²) in [5.74, 6) is 0. The molecule has 0 aliphatic carbocycles. The minimum atomic E-state index is -0.0278. The second-order valence-electron chi connectivity index (χ2n) is 1.24. The first-order chi connectivity index (χ1) is 3.13. The number of hydrogen-bond donors (Lipinski definition) is 2. The summed E-state index contributed by atoms with van der Waals surface area (Å²) < 4.78 is 0. The van der Waals surface area contributed by atoms with Gasteiger partial charge in [-0.25, -0.2) is 0 Å². The Kier molecular flexibility index (Phi) is 2.45. The molecule has 0 aliphatic heterocycles. The summed E-state index contributed by atoms with van der Waals surface area (Å²) in [4.78, 5) is 0. The molecule has 0 aromatic heterocycles. The minimum absolute atomic E-state index is 0.0278. The monoisotopic (exact) mass is 118 g/mol. The van der Waals surface area contributed by atoms with Gasteiger partial charge in [0.2, 0.25) is 0 Å². The summed E-state index contributed by atoms with van der Waals surface area (Å²) in [6.45, 7) is 1.68. The molecule has 0 spiro atoms. The highest BCUT2D eigenvalue weighted by molar-refractivity contribution is 6.67. The van der Waals surface area contributed by atoms with Crippen LogP contribution in [0.1, 0.15) is 6.92 Å². The van der Waals surface area contributed by atoms with E-state index in [9.17, 15) is 0 Å². The molecule has 0 amide bonds. The van der Waals surface area contributed by atoms with Crippen LogP contribution in [0.25, 0.3) is 0 Å². The van der Waals surface area contributed by atoms with Crippen molar-refractivity contribution in [2.24, 2.45) is 5.73 Å². The molecule has 0 radical (unpaired) electrons. The second kappa shape index (κ2) is 2.64. The quantitative estimate of drug-likeness (QED) is 0.497. The van der Waals surface area contributed by atoms with Crippen molar-refractivity contribution >= 4 is 16.8 Å². The van der Waals surface area contributed by atoms with Crippen molar-refractivity contribution in [2.75, 3.05) is 0 Å². The maximum absolute atomic E-state index is 6.63. The number of allylic oxidation sites excluding steroid dienone is 2. The average Bonchev–Trinajstić information content (AvgIpc) is 1.27. The van der Waals surface area contributed by atoms with Crippen molar-refractivity contribution in [2.45, 2.75) is 6.92 Å². The molecule has 3 N–H and O–H groups in total. The predicted molar refractivity (Wildman–Crippen MR) is 31.5 cm³/mol. The van der Waals surface area contributed by atoms with Crippen LogP contribution >= 0.6 is 11.6 Å². The van der Waals surface area contributed by atoms with Crippen molar-refractivity contribution in [1.29, 1.82) is 5.41 Å². The van der Waals surface area contributed by atoms with E-state index in [0.717, 1.165) is 0 Å². The lowest BCUT2D eigenvalue weighted by atomic mass is 10.5. The summed E-state index contributed by atoms with van der Waals surface area (Å²) in [5, 5.41) is 6.61. The van der Waals surface area contributed by atoms with Crippen molar-refractivity contribution in [3.8, 4) is 0 Å². The topological polar surface area (TPSA) is 49.9 Å². The van der Waals surface area contributed by atoms with E-state index >= 15 is 0 Å². The summed E-state index contributed by atoms with van der Waals surface area (Å²) in [5.41, 5.74) is 5.68. The van der Waals surface area contributed by atoms with E-state index in [-0.39, 0.29) is 5.17 Å². The van der Waals surface area contributed by atoms with Gasteiger partial charge in [-0.1, -0.05) is 11.6 Å². The first-order valence-electron chi connectivity index (χ1n) is 1.81. The van der Waals surface area contributed by atoms with Gasteiger partial charge in [0.25, 0.3) is 0 Å². The summed E-state index contributed by atoms with van der Waals surface area (Å²) in [7, 11) is 0. The minimum Gasteiger partial charge on any atom is -0.402 e. The van der Waals surface area contributed by atoms with Gasteiger partial charge in [0.15, 0.2) is 0 Å². The Hall–Kier alpha value is -0.500. The number of nitrogens with one attached hydrogen (secondary N) is 1. The molecule has 3 heteroatoms. The molecule has 0 saturated heterocycles. The second-order valence-corrected chi connectivity index (χ2v) is 1.64. The zero-order valence-corrected chi connectivity index (χ0v) is 4.79. The Bertz CT molecular complexity index is 102. The fourth-order valence-corrected chi connectivity index (χ4v) is 0.372. The number of nitrogens with two attached hydrogens (primary N) is 1. The third-order valence-corrected chi connectivity index (χ3v) is 0.464. The summed E-state index contributed by atoms with van der Waals surface area (Å²) in [6, 6.07) is 0. The van der Waals surface area contributed by atoms with E-state index < -0.39 is 0 Å². The first kappa shape index (κ1) is 6.50. The molecule has 0 aromatic rings. The molecule has 0 fully saturated rings. The molecule has 0 atom stereocenters. The predicted octanol–water partition coefficient (Wildman–Crippen LogP) is 1.06. The van der Waals surface area contributed by atoms with Crippen LogP contribution in [0.5, 0.6) is 0 Å². The molecule has 0 heterocycles. The zero-order valence-electron chi connectivity index (χ0n) is 4.03. The standard InChI is InChI=1S/C4H7ClN2/c1-3(6)2-4(5)7/h2,7H,6H2,1H3/b3-2-,7-4?. The maximum atomic E-state index is 6.63. The van der Waals surface area contributed by atoms with E-state index in [1.165, 1.54) is 6.08 Å². The number of halogens is 1. The molecule has 0 saturated carbocycles. The number of rotatable bonds is 1. The van der Waals surface area contributed by atoms with Crippen molar-refractivity contribution in [1.82, 2.24) is 0 Å². The lowest BCUT2D eigenvalue weighted by Gasteiger charge is -1.82. The van der Waals surface area contributed by atoms with Crippen LogP contribution < -0.4 is 5.73 Å². The van der Waals surface area contributed by atoms with Gasteiger partial charge in [-0.15, -0.1) is 0 Å². The molecule has 0 bridgehead atoms. The smallest absolute Gasteiger partial charge is 0.122 e. The largest absolute Gasteiger partial charge is 0.402 e. The van der Waals surface area contributed by atoms with E-state index in [4.69, 9.17) is 22.7 Å². The third-order valence-electron chi connectivity index (χ3n) is 0.354. The highest BCUT2D eigenvalue weighted by Gasteiger charge is 1.79. The lowest BCUT2D eigenvalue weighted by Crippen LogP contribution is -1.91. The van der Waals surface area contributed by atoms with Crippen molar-refractivity contribution in [3.63, 3.8) is 0 Å². The Morgan fingerprint density at radius 3 is 2.29 bits per heavy atom. The maximum Gasteiger partial charge on any atom is 0.122 e. The van der Waals surface area contributed by atoms with Gasteiger partial charge in [-0.05, 0) is 13.0 Å². The summed E-state index contributed by atoms with van der Waals surface area (Å²) >= 11 is 5.10. The van der Waals surface area contributed by atoms with Crippen LogP contribution in [-0.2, 0) is 0 Å². The molecule has 40 valence electrons. The third kappa shape index (κ3) is 5.50. The van der Waals surface area contributed by atoms with Crippen molar-refractivity contribution < 1.29 is 0 Å². The van der Waals surface area contributed by atoms with Gasteiger partial charge >= 0.3 is 0 Å². The van der Waals surface area contributed by atoms with Crippen LogP contribution in [0.3, 0.4) is 0 Å². The molecule has 2 nitrogen and oxygen atoms in total. The fraction of sp³-hybridized carbons (Fsp3) is 0.250. The van der Waals surface area contributed by atoms with E-state index in [1.54, 1.807) is 6.92 Å². The van der Waals surface area contributed by atoms with Crippen LogP contribution in [0.4, 0.5) is 0 Å². The number of hydrogen-bond acceptors (Lipinski definition) is 2. The first-order valence-corrected chi connectivity index (χ1v) is 2.18. The Morgan fingerprint density at radius 1 is 1.86 bits per heavy atom. The van der Waals surface area contributed by atoms with Gasteiger partial charge in [0.1, 0.15) is 5.17 Å². The van der Waals surface area contributed by atoms with E-state index in [2.05, 4.69) is 0 Å². The molecule has 0 unspecified atom stereocenters. The van der Waals surface area contributed by atoms with Gasteiger partial charge in [0.05, 0.1) is 0 Å². The van der Waals surface area contributed by atoms with Crippen LogP contribution in [0.2, 0.25) is 0 Å². The van der Waals surface area contributed by atoms with E-state index in [0.29, 0.717) is 5.70 Å². The van der Waals surface area contributed by atoms with Crippen molar-refractivity contribution in [3.05, 3.63) is 11.8 Å². The van der Waals surface area contributed by atoms with Crippen LogP contribution in [0, 0.1) is 5.41 Å². The fourth-order valence-electron chi connectivity index (χ4n) is 0.200. The van der Waals surface area contributed by atoms with E-state index in [1.807, 2.05) is 0 Å². The molecule has 0 rings (SSSR count). The Labute approximate surface area is 47.5 Å². The molecular formula is C4H7ClN2. The van der Waals surface area contributed by atoms with Crippen LogP contribution in [-0.4, -0.2) is 5.17 Å². The molecule has 0 aromatic carbocycles. The Balaban J connectivity index is 3.68. The SMILES string of the molecule is C/C(N)=C/C(=N)Cl. The zero-order chi connectivity index (χ0) is 5.86. The lowest BCUT2D eigenvalue weighted by molar-refractivity contribution is 1.32. The normalized spacial score (nSPS) is 11.4. The van der Waals surface area contributed by atoms with Crippen LogP contribution in [0.15, 0.2) is 11.8 Å². The van der Waals surface area contributed by atoms with Gasteiger partial charge in [-0.2, -0.15) is 0 Å². The Morgan fingerprint density at radius 2 is 2.29 bits per heavy atom. The molecule has 7 heavy (non-hydrogen) atoms. The van der Waals surface area contributed by atoms with Gasteiger partial charge in [0, 0.05) is 5.70 Å². The highest BCUT2D eigenvalue weighted by atomic mass is 35.5. The molecular weight excluding hydrogens is 112 g/mol. The molecule has 0 aliphatic rings. The highest BCUT2D eigenvalue weighted by Crippen LogP contribution is 1.85. The van der Waals surface area contributed by atoms with Gasteiger partial charge < -0.3 is 5.73 Å². The summed E-state index contributed by atoms with van der Waals surface area (Å²) in [6.07, 6.45) is 1.38. The van der Waals surface area contributed by atoms with Gasteiger partial charge in [-0.3, -0.25) is 5.41 Å². The average molecular weight is 119 g/mol.